The average Bonchev–Trinajstić information content (AvgIpc) is 2.50. The number of imidazole rings is 1. The molecule has 1 aromatic rings. The Morgan fingerprint density at radius 2 is 2.00 bits per heavy atom. The Labute approximate surface area is 83.3 Å². The standard InChI is InChI=1S/C5H9N2O.C2HF3O2/c1-6-3-4-7(5-6)8-2;3-2(4,5)1(6)7/h3-5H,1-2H3;(H,6,7)/q+1;/p-1. The Bertz CT molecular complexity index is 322. The van der Waals surface area contributed by atoms with Crippen molar-refractivity contribution in [1.29, 1.82) is 0 Å². The van der Waals surface area contributed by atoms with E-state index in [0.717, 1.165) is 0 Å². The van der Waals surface area contributed by atoms with E-state index in [1.807, 2.05) is 30.3 Å². The molecule has 0 atom stereocenters. The number of alkyl halides is 3. The van der Waals surface area contributed by atoms with Crippen LogP contribution in [0.2, 0.25) is 0 Å². The minimum absolute atomic E-state index is 1.62. The van der Waals surface area contributed by atoms with Gasteiger partial charge in [0.25, 0.3) is 6.33 Å². The zero-order valence-corrected chi connectivity index (χ0v) is 7.99. The van der Waals surface area contributed by atoms with Crippen molar-refractivity contribution in [3.05, 3.63) is 18.7 Å². The van der Waals surface area contributed by atoms with Crippen molar-refractivity contribution in [2.45, 2.75) is 6.18 Å². The summed E-state index contributed by atoms with van der Waals surface area (Å²) in [6.07, 6.45) is 0.378. The van der Waals surface area contributed by atoms with Gasteiger partial charge < -0.3 is 14.7 Å². The molecule has 0 radical (unpaired) electrons. The number of carbonyl (C=O) groups excluding carboxylic acids is 1. The fourth-order valence-electron chi connectivity index (χ4n) is 0.535. The molecule has 1 heterocycles. The van der Waals surface area contributed by atoms with Crippen LogP contribution >= 0.6 is 0 Å². The lowest BCUT2D eigenvalue weighted by Gasteiger charge is -2.03. The number of hydrogen-bond acceptors (Lipinski definition) is 3. The fraction of sp³-hybridized carbons (Fsp3) is 0.429. The van der Waals surface area contributed by atoms with Crippen molar-refractivity contribution in [2.75, 3.05) is 7.11 Å². The highest BCUT2D eigenvalue weighted by molar-refractivity contribution is 5.70. The van der Waals surface area contributed by atoms with Gasteiger partial charge in [0.2, 0.25) is 0 Å². The van der Waals surface area contributed by atoms with Gasteiger partial charge in [0, 0.05) is 0 Å². The van der Waals surface area contributed by atoms with Crippen LogP contribution in [-0.2, 0) is 11.8 Å². The van der Waals surface area contributed by atoms with Crippen molar-refractivity contribution >= 4 is 5.97 Å². The molecule has 0 aliphatic rings. The van der Waals surface area contributed by atoms with Gasteiger partial charge in [-0.25, -0.2) is 4.57 Å². The van der Waals surface area contributed by atoms with E-state index >= 15 is 0 Å². The smallest absolute Gasteiger partial charge is 0.430 e. The molecule has 1 rings (SSSR count). The van der Waals surface area contributed by atoms with Gasteiger partial charge in [0.15, 0.2) is 6.20 Å². The number of carboxylic acid groups (broad SMARTS) is 1. The molecule has 0 bridgehead atoms. The molecule has 86 valence electrons. The van der Waals surface area contributed by atoms with Gasteiger partial charge in [-0.15, -0.1) is 0 Å². The summed E-state index contributed by atoms with van der Waals surface area (Å²) in [4.78, 5) is 13.6. The van der Waals surface area contributed by atoms with Crippen LogP contribution in [-0.4, -0.2) is 24.0 Å². The van der Waals surface area contributed by atoms with Crippen LogP contribution in [0.5, 0.6) is 0 Å². The van der Waals surface area contributed by atoms with Gasteiger partial charge in [0.05, 0.1) is 7.05 Å². The first-order valence-electron chi connectivity index (χ1n) is 3.63. The number of hydrogen-bond donors (Lipinski definition) is 0. The molecule has 8 heteroatoms. The summed E-state index contributed by atoms with van der Waals surface area (Å²) in [5.74, 6) is -3.01. The lowest BCUT2D eigenvalue weighted by atomic mass is 10.7. The van der Waals surface area contributed by atoms with E-state index in [1.54, 1.807) is 11.8 Å². The maximum absolute atomic E-state index is 10.5. The van der Waals surface area contributed by atoms with Gasteiger partial charge in [-0.05, 0) is 0 Å². The number of rotatable bonds is 1. The van der Waals surface area contributed by atoms with E-state index in [1.165, 1.54) is 0 Å². The molecule has 15 heavy (non-hydrogen) atoms. The minimum atomic E-state index is -5.19. The van der Waals surface area contributed by atoms with Crippen molar-refractivity contribution in [1.82, 2.24) is 4.73 Å². The molecule has 0 fully saturated rings. The summed E-state index contributed by atoms with van der Waals surface area (Å²) in [5, 5.41) is 8.78. The molecule has 0 amide bonds. The van der Waals surface area contributed by atoms with E-state index in [0.29, 0.717) is 0 Å². The molecule has 0 spiro atoms. The van der Waals surface area contributed by atoms with Crippen LogP contribution in [0.1, 0.15) is 0 Å². The zero-order chi connectivity index (χ0) is 12.1. The summed E-state index contributed by atoms with van der Waals surface area (Å²) in [5.41, 5.74) is 0. The number of nitrogens with zero attached hydrogens (tertiary/aromatic N) is 2. The monoisotopic (exact) mass is 226 g/mol. The van der Waals surface area contributed by atoms with Crippen LogP contribution in [0.3, 0.4) is 0 Å². The molecule has 0 N–H and O–H groups in total. The quantitative estimate of drug-likeness (QED) is 0.557. The molecule has 0 saturated carbocycles. The first-order chi connectivity index (χ1) is 6.77. The van der Waals surface area contributed by atoms with Crippen LogP contribution in [0.15, 0.2) is 18.7 Å². The summed E-state index contributed by atoms with van der Waals surface area (Å²) in [7, 11) is 3.56. The average molecular weight is 226 g/mol. The Morgan fingerprint density at radius 3 is 2.13 bits per heavy atom. The molecule has 0 aliphatic carbocycles. The second kappa shape index (κ2) is 5.23. The van der Waals surface area contributed by atoms with Gasteiger partial charge in [-0.3, -0.25) is 0 Å². The first-order valence-corrected chi connectivity index (χ1v) is 3.63. The topological polar surface area (TPSA) is 58.2 Å². The second-order valence-corrected chi connectivity index (χ2v) is 2.41. The van der Waals surface area contributed by atoms with Crippen molar-refractivity contribution in [3.8, 4) is 0 Å². The summed E-state index contributed by atoms with van der Waals surface area (Å²) >= 11 is 0. The number of carbonyl (C=O) groups is 1. The largest absolute Gasteiger partial charge is 0.542 e. The van der Waals surface area contributed by atoms with E-state index in [-0.39, 0.29) is 0 Å². The fourth-order valence-corrected chi connectivity index (χ4v) is 0.535. The first kappa shape index (κ1) is 13.3. The minimum Gasteiger partial charge on any atom is -0.542 e. The highest BCUT2D eigenvalue weighted by Gasteiger charge is 2.28. The zero-order valence-electron chi connectivity index (χ0n) is 7.99. The SMILES string of the molecule is COn1cc[n+](C)c1.O=C([O-])C(F)(F)F. The predicted molar refractivity (Wildman–Crippen MR) is 39.2 cm³/mol. The van der Waals surface area contributed by atoms with Crippen molar-refractivity contribution < 1.29 is 32.5 Å². The van der Waals surface area contributed by atoms with Gasteiger partial charge >= 0.3 is 6.18 Å². The maximum Gasteiger partial charge on any atom is 0.430 e. The number of aromatic nitrogens is 2. The van der Waals surface area contributed by atoms with Crippen LogP contribution < -0.4 is 14.5 Å². The highest BCUT2D eigenvalue weighted by Crippen LogP contribution is 2.11. The molecule has 0 aliphatic heterocycles. The van der Waals surface area contributed by atoms with Crippen LogP contribution in [0, 0.1) is 0 Å². The Hall–Kier alpha value is -1.73. The van der Waals surface area contributed by atoms with E-state index in [2.05, 4.69) is 0 Å². The van der Waals surface area contributed by atoms with Crippen LogP contribution in [0.4, 0.5) is 13.2 Å². The third-order valence-corrected chi connectivity index (χ3v) is 1.19. The third-order valence-electron chi connectivity index (χ3n) is 1.19. The predicted octanol–water partition coefficient (Wildman–Crippen LogP) is -1.33. The molecular formula is C7H9F3N2O3. The van der Waals surface area contributed by atoms with Gasteiger partial charge in [0.1, 0.15) is 19.3 Å². The lowest BCUT2D eigenvalue weighted by molar-refractivity contribution is -0.672. The van der Waals surface area contributed by atoms with Crippen molar-refractivity contribution in [3.63, 3.8) is 0 Å². The van der Waals surface area contributed by atoms with Gasteiger partial charge in [-0.2, -0.15) is 13.2 Å². The summed E-state index contributed by atoms with van der Waals surface area (Å²) in [6.45, 7) is 0. The Morgan fingerprint density at radius 1 is 1.53 bits per heavy atom. The normalized spacial score (nSPS) is 10.2. The molecule has 1 aromatic heterocycles. The number of aryl methyl sites for hydroxylation is 1. The Balaban J connectivity index is 0.000000265. The number of halogens is 3. The number of carboxylic acids is 1. The number of aliphatic carboxylic acids is 1. The Kier molecular flexibility index (Phi) is 4.62. The molecule has 5 nitrogen and oxygen atoms in total. The maximum atomic E-state index is 10.5. The highest BCUT2D eigenvalue weighted by atomic mass is 19.4. The van der Waals surface area contributed by atoms with Crippen LogP contribution in [0.25, 0.3) is 0 Å². The third kappa shape index (κ3) is 5.55. The lowest BCUT2D eigenvalue weighted by Crippen LogP contribution is -2.37. The van der Waals surface area contributed by atoms with E-state index in [4.69, 9.17) is 14.7 Å². The summed E-state index contributed by atoms with van der Waals surface area (Å²) in [6, 6.07) is 0. The van der Waals surface area contributed by atoms with E-state index in [9.17, 15) is 13.2 Å². The van der Waals surface area contributed by atoms with Gasteiger partial charge in [-0.1, -0.05) is 4.73 Å². The molecule has 0 aromatic carbocycles. The molecule has 0 unspecified atom stereocenters. The summed E-state index contributed by atoms with van der Waals surface area (Å²) < 4.78 is 35.1. The van der Waals surface area contributed by atoms with Crippen molar-refractivity contribution in [2.24, 2.45) is 7.05 Å². The molecular weight excluding hydrogens is 217 g/mol. The second-order valence-electron chi connectivity index (χ2n) is 2.41. The van der Waals surface area contributed by atoms with E-state index < -0.39 is 12.1 Å². The molecule has 0 saturated heterocycles.